The van der Waals surface area contributed by atoms with Crippen LogP contribution in [0.25, 0.3) is 0 Å². The minimum Gasteiger partial charge on any atom is -0.377 e. The fourth-order valence-corrected chi connectivity index (χ4v) is 3.54. The van der Waals surface area contributed by atoms with Gasteiger partial charge in [0.25, 0.3) is 5.91 Å². The molecular formula is C19H25N3O2. The number of methoxy groups -OCH3 is 1. The molecule has 1 atom stereocenters. The van der Waals surface area contributed by atoms with Crippen molar-refractivity contribution in [3.05, 3.63) is 53.1 Å². The smallest absolute Gasteiger partial charge is 0.253 e. The van der Waals surface area contributed by atoms with Crippen molar-refractivity contribution in [2.45, 2.75) is 39.3 Å². The monoisotopic (exact) mass is 327 g/mol. The summed E-state index contributed by atoms with van der Waals surface area (Å²) < 4.78 is 7.50. The summed E-state index contributed by atoms with van der Waals surface area (Å²) in [5.74, 6) is 1.05. The van der Waals surface area contributed by atoms with Crippen molar-refractivity contribution < 1.29 is 9.53 Å². The zero-order chi connectivity index (χ0) is 17.1. The number of aromatic nitrogens is 2. The molecule has 2 aromatic rings. The quantitative estimate of drug-likeness (QED) is 0.867. The molecule has 5 nitrogen and oxygen atoms in total. The third-order valence-electron chi connectivity index (χ3n) is 4.65. The number of nitrogens with zero attached hydrogens (tertiary/aromatic N) is 3. The number of piperidine rings is 1. The number of likely N-dealkylation sites (tertiary alicyclic amines) is 1. The second-order valence-corrected chi connectivity index (χ2v) is 6.54. The molecule has 1 fully saturated rings. The summed E-state index contributed by atoms with van der Waals surface area (Å²) >= 11 is 0. The lowest BCUT2D eigenvalue weighted by Gasteiger charge is -2.35. The van der Waals surface area contributed by atoms with Crippen LogP contribution in [0.1, 0.15) is 46.3 Å². The SMILES string of the molecule is COCc1ncc(C)n1C1CCCN(C(=O)c2cccc(C)c2)C1. The highest BCUT2D eigenvalue weighted by atomic mass is 16.5. The highest BCUT2D eigenvalue weighted by Crippen LogP contribution is 2.26. The number of rotatable bonds is 4. The fourth-order valence-electron chi connectivity index (χ4n) is 3.54. The summed E-state index contributed by atoms with van der Waals surface area (Å²) in [7, 11) is 1.68. The molecule has 1 aliphatic heterocycles. The van der Waals surface area contributed by atoms with Gasteiger partial charge in [0, 0.05) is 37.7 Å². The van der Waals surface area contributed by atoms with E-state index in [1.54, 1.807) is 7.11 Å². The zero-order valence-corrected chi connectivity index (χ0v) is 14.7. The average Bonchev–Trinajstić information content (AvgIpc) is 2.95. The summed E-state index contributed by atoms with van der Waals surface area (Å²) in [4.78, 5) is 19.3. The van der Waals surface area contributed by atoms with Crippen LogP contribution in [0, 0.1) is 13.8 Å². The van der Waals surface area contributed by atoms with E-state index in [1.807, 2.05) is 42.3 Å². The fraction of sp³-hybridized carbons (Fsp3) is 0.474. The molecule has 1 amide bonds. The van der Waals surface area contributed by atoms with Crippen LogP contribution in [0.5, 0.6) is 0 Å². The van der Waals surface area contributed by atoms with Crippen molar-refractivity contribution in [2.75, 3.05) is 20.2 Å². The number of carbonyl (C=O) groups is 1. The molecule has 0 aliphatic carbocycles. The molecule has 1 unspecified atom stereocenters. The van der Waals surface area contributed by atoms with Gasteiger partial charge in [0.15, 0.2) is 0 Å². The molecule has 0 radical (unpaired) electrons. The Balaban J connectivity index is 1.80. The van der Waals surface area contributed by atoms with Crippen molar-refractivity contribution in [1.29, 1.82) is 0 Å². The van der Waals surface area contributed by atoms with Crippen LogP contribution in [-0.4, -0.2) is 40.6 Å². The van der Waals surface area contributed by atoms with Crippen LogP contribution < -0.4 is 0 Å². The molecule has 0 spiro atoms. The third kappa shape index (κ3) is 3.36. The zero-order valence-electron chi connectivity index (χ0n) is 14.7. The number of imidazole rings is 1. The normalized spacial score (nSPS) is 18.0. The largest absolute Gasteiger partial charge is 0.377 e. The lowest BCUT2D eigenvalue weighted by molar-refractivity contribution is 0.0672. The number of benzene rings is 1. The Labute approximate surface area is 143 Å². The Morgan fingerprint density at radius 3 is 2.96 bits per heavy atom. The van der Waals surface area contributed by atoms with Gasteiger partial charge in [0.05, 0.1) is 6.04 Å². The van der Waals surface area contributed by atoms with Crippen LogP contribution in [0.3, 0.4) is 0 Å². The first-order valence-corrected chi connectivity index (χ1v) is 8.47. The molecule has 0 bridgehead atoms. The van der Waals surface area contributed by atoms with Crippen molar-refractivity contribution in [3.63, 3.8) is 0 Å². The molecule has 128 valence electrons. The summed E-state index contributed by atoms with van der Waals surface area (Å²) in [6.07, 6.45) is 3.95. The lowest BCUT2D eigenvalue weighted by Crippen LogP contribution is -2.41. The van der Waals surface area contributed by atoms with Gasteiger partial charge in [0.1, 0.15) is 12.4 Å². The van der Waals surface area contributed by atoms with Gasteiger partial charge >= 0.3 is 0 Å². The van der Waals surface area contributed by atoms with Crippen LogP contribution in [0.4, 0.5) is 0 Å². The number of carbonyl (C=O) groups excluding carboxylic acids is 1. The maximum absolute atomic E-state index is 12.8. The van der Waals surface area contributed by atoms with Crippen LogP contribution in [0.2, 0.25) is 0 Å². The lowest BCUT2D eigenvalue weighted by atomic mass is 10.0. The van der Waals surface area contributed by atoms with Gasteiger partial charge in [-0.3, -0.25) is 4.79 Å². The Bertz CT molecular complexity index is 723. The minimum atomic E-state index is 0.120. The minimum absolute atomic E-state index is 0.120. The summed E-state index contributed by atoms with van der Waals surface area (Å²) in [5, 5.41) is 0. The van der Waals surface area contributed by atoms with Crippen molar-refractivity contribution >= 4 is 5.91 Å². The first-order chi connectivity index (χ1) is 11.6. The molecule has 0 N–H and O–H groups in total. The number of amides is 1. The highest BCUT2D eigenvalue weighted by Gasteiger charge is 2.27. The molecule has 5 heteroatoms. The second kappa shape index (κ2) is 7.18. The molecule has 1 aromatic carbocycles. The Morgan fingerprint density at radius 2 is 2.21 bits per heavy atom. The third-order valence-corrected chi connectivity index (χ3v) is 4.65. The number of hydrogen-bond donors (Lipinski definition) is 0. The van der Waals surface area contributed by atoms with E-state index >= 15 is 0 Å². The van der Waals surface area contributed by atoms with Gasteiger partial charge in [-0.2, -0.15) is 0 Å². The standard InChI is InChI=1S/C19H25N3O2/c1-14-6-4-7-16(10-14)19(23)21-9-5-8-17(12-21)22-15(2)11-20-18(22)13-24-3/h4,6-7,10-11,17H,5,8-9,12-13H2,1-3H3. The molecule has 2 heterocycles. The average molecular weight is 327 g/mol. The molecule has 1 aliphatic rings. The summed E-state index contributed by atoms with van der Waals surface area (Å²) in [6, 6.07) is 8.09. The molecule has 0 saturated carbocycles. The van der Waals surface area contributed by atoms with Gasteiger partial charge in [-0.15, -0.1) is 0 Å². The van der Waals surface area contributed by atoms with Crippen molar-refractivity contribution in [1.82, 2.24) is 14.5 Å². The molecule has 3 rings (SSSR count). The Hall–Kier alpha value is -2.14. The van der Waals surface area contributed by atoms with Gasteiger partial charge in [0.2, 0.25) is 0 Å². The first-order valence-electron chi connectivity index (χ1n) is 8.47. The predicted molar refractivity (Wildman–Crippen MR) is 93.0 cm³/mol. The predicted octanol–water partition coefficient (Wildman–Crippen LogP) is 3.12. The van der Waals surface area contributed by atoms with Gasteiger partial charge < -0.3 is 14.2 Å². The van der Waals surface area contributed by atoms with Crippen LogP contribution in [-0.2, 0) is 11.3 Å². The number of ether oxygens (including phenoxy) is 1. The van der Waals surface area contributed by atoms with E-state index in [0.717, 1.165) is 48.6 Å². The van der Waals surface area contributed by atoms with Crippen LogP contribution >= 0.6 is 0 Å². The van der Waals surface area contributed by atoms with Gasteiger partial charge in [-0.05, 0) is 38.8 Å². The van der Waals surface area contributed by atoms with E-state index in [-0.39, 0.29) is 11.9 Å². The Morgan fingerprint density at radius 1 is 1.38 bits per heavy atom. The van der Waals surface area contributed by atoms with E-state index in [4.69, 9.17) is 4.74 Å². The van der Waals surface area contributed by atoms with Crippen molar-refractivity contribution in [3.8, 4) is 0 Å². The van der Waals surface area contributed by atoms with E-state index in [0.29, 0.717) is 6.61 Å². The number of hydrogen-bond acceptors (Lipinski definition) is 3. The first kappa shape index (κ1) is 16.7. The van der Waals surface area contributed by atoms with Crippen molar-refractivity contribution in [2.24, 2.45) is 0 Å². The van der Waals surface area contributed by atoms with E-state index < -0.39 is 0 Å². The molecular weight excluding hydrogens is 302 g/mol. The molecule has 1 aromatic heterocycles. The highest BCUT2D eigenvalue weighted by molar-refractivity contribution is 5.94. The topological polar surface area (TPSA) is 47.4 Å². The maximum atomic E-state index is 12.8. The second-order valence-electron chi connectivity index (χ2n) is 6.54. The van der Waals surface area contributed by atoms with E-state index in [1.165, 1.54) is 0 Å². The number of aryl methyl sites for hydroxylation is 2. The summed E-state index contributed by atoms with van der Waals surface area (Å²) in [5.41, 5.74) is 3.01. The Kier molecular flexibility index (Phi) is 5.00. The van der Waals surface area contributed by atoms with E-state index in [2.05, 4.69) is 16.5 Å². The maximum Gasteiger partial charge on any atom is 0.253 e. The molecule has 24 heavy (non-hydrogen) atoms. The van der Waals surface area contributed by atoms with Gasteiger partial charge in [-0.25, -0.2) is 4.98 Å². The van der Waals surface area contributed by atoms with Gasteiger partial charge in [-0.1, -0.05) is 17.7 Å². The molecule has 1 saturated heterocycles. The summed E-state index contributed by atoms with van der Waals surface area (Å²) in [6.45, 7) is 6.11. The van der Waals surface area contributed by atoms with E-state index in [9.17, 15) is 4.79 Å². The van der Waals surface area contributed by atoms with Crippen LogP contribution in [0.15, 0.2) is 30.5 Å².